The Morgan fingerprint density at radius 2 is 1.64 bits per heavy atom. The fourth-order valence-electron chi connectivity index (χ4n) is 1.02. The molecule has 0 amide bonds. The molecule has 0 aromatic carbocycles. The Hall–Kier alpha value is 1.15. The first-order valence-corrected chi connectivity index (χ1v) is 16.7. The third kappa shape index (κ3) is 11.2. The second kappa shape index (κ2) is 10.7. The zero-order valence-corrected chi connectivity index (χ0v) is 15.8. The molecule has 0 N–H and O–H groups in total. The van der Waals surface area contributed by atoms with Gasteiger partial charge in [0.1, 0.15) is 0 Å². The predicted molar refractivity (Wildman–Crippen MR) is 68.7 cm³/mol. The molecule has 1 rings (SSSR count). The van der Waals surface area contributed by atoms with Crippen LogP contribution in [0.1, 0.15) is 6.42 Å². The number of halogens is 2. The number of alkyl halides is 2. The van der Waals surface area contributed by atoms with Crippen LogP contribution in [0.3, 0.4) is 0 Å². The summed E-state index contributed by atoms with van der Waals surface area (Å²) in [4.78, 5) is 0. The standard InChI is InChI=1S/C5H5.C3H9Si.2CH3Cl.Hf/c1-2-4-5-3-1;1-4(2)3;2*1-2;/h1-3H,4H2;1-3H3;2*1H3;. The van der Waals surface area contributed by atoms with Crippen molar-refractivity contribution in [3.8, 4) is 0 Å². The third-order valence-corrected chi connectivity index (χ3v) is 15.3. The maximum absolute atomic E-state index is 4.64. The summed E-state index contributed by atoms with van der Waals surface area (Å²) in [5.74, 6) is 0. The number of hydrogen-bond acceptors (Lipinski definition) is 0. The van der Waals surface area contributed by atoms with E-state index in [1.165, 1.54) is 19.2 Å². The molecule has 0 saturated heterocycles. The summed E-state index contributed by atoms with van der Waals surface area (Å²) in [6.45, 7) is 7.53. The molecular formula is C10H20Cl2HfSi. The zero-order chi connectivity index (χ0) is 11.6. The number of rotatable bonds is 2. The van der Waals surface area contributed by atoms with Crippen molar-refractivity contribution in [1.29, 1.82) is 0 Å². The molecule has 1 aliphatic carbocycles. The minimum atomic E-state index is -0.636. The van der Waals surface area contributed by atoms with Crippen LogP contribution in [0.4, 0.5) is 0 Å². The van der Waals surface area contributed by atoms with Crippen LogP contribution in [0.5, 0.6) is 0 Å². The van der Waals surface area contributed by atoms with Crippen molar-refractivity contribution in [2.45, 2.75) is 26.1 Å². The molecule has 1 aliphatic rings. The van der Waals surface area contributed by atoms with Gasteiger partial charge in [0.15, 0.2) is 0 Å². The van der Waals surface area contributed by atoms with Crippen LogP contribution in [-0.2, 0) is 22.1 Å². The van der Waals surface area contributed by atoms with E-state index in [1.807, 2.05) is 3.33 Å². The van der Waals surface area contributed by atoms with Crippen LogP contribution in [0.15, 0.2) is 21.6 Å². The molecule has 0 bridgehead atoms. The molecule has 14 heavy (non-hydrogen) atoms. The van der Waals surface area contributed by atoms with Crippen molar-refractivity contribution in [3.05, 3.63) is 21.6 Å². The fourth-order valence-corrected chi connectivity index (χ4v) is 15.3. The molecule has 0 saturated carbocycles. The van der Waals surface area contributed by atoms with Gasteiger partial charge in [0.25, 0.3) is 0 Å². The monoisotopic (exact) mass is 418 g/mol. The molecule has 0 aromatic heterocycles. The first kappa shape index (κ1) is 17.5. The zero-order valence-electron chi connectivity index (χ0n) is 9.70. The van der Waals surface area contributed by atoms with Crippen LogP contribution in [0.2, 0.25) is 19.6 Å². The van der Waals surface area contributed by atoms with E-state index < -0.39 is 5.26 Å². The van der Waals surface area contributed by atoms with Gasteiger partial charge in [-0.25, -0.2) is 0 Å². The van der Waals surface area contributed by atoms with Crippen molar-refractivity contribution in [3.63, 3.8) is 0 Å². The Balaban J connectivity index is 0. The average Bonchev–Trinajstić information content (AvgIpc) is 2.61. The van der Waals surface area contributed by atoms with E-state index in [0.29, 0.717) is 0 Å². The van der Waals surface area contributed by atoms with E-state index in [4.69, 9.17) is 0 Å². The van der Waals surface area contributed by atoms with Gasteiger partial charge in [0.05, 0.1) is 0 Å². The van der Waals surface area contributed by atoms with E-state index in [1.54, 1.807) is 0 Å². The predicted octanol–water partition coefficient (Wildman–Crippen LogP) is 4.46. The first-order valence-electron chi connectivity index (χ1n) is 4.47. The van der Waals surface area contributed by atoms with Crippen molar-refractivity contribution >= 4 is 28.5 Å². The van der Waals surface area contributed by atoms with Crippen LogP contribution < -0.4 is 0 Å². The Labute approximate surface area is 110 Å². The molecule has 82 valence electrons. The summed E-state index contributed by atoms with van der Waals surface area (Å²) in [7, 11) is 0. The molecule has 0 atom stereocenters. The van der Waals surface area contributed by atoms with Crippen LogP contribution in [0, 0.1) is 0 Å². The summed E-state index contributed by atoms with van der Waals surface area (Å²) >= 11 is 8.96. The molecule has 0 spiro atoms. The quantitative estimate of drug-likeness (QED) is 0.460. The Kier molecular flexibility index (Phi) is 13.4. The summed E-state index contributed by atoms with van der Waals surface area (Å²) in [6.07, 6.45) is 11.1. The summed E-state index contributed by atoms with van der Waals surface area (Å²) in [6, 6.07) is 0. The molecule has 0 radical (unpaired) electrons. The molecule has 0 aliphatic heterocycles. The van der Waals surface area contributed by atoms with E-state index in [9.17, 15) is 0 Å². The van der Waals surface area contributed by atoms with Gasteiger partial charge < -0.3 is 0 Å². The SMILES string of the molecule is CCl.CCl.C[Si](C)(C)[Hf][C]1=CC=CC1. The van der Waals surface area contributed by atoms with Gasteiger partial charge in [0, 0.05) is 12.8 Å². The Morgan fingerprint density at radius 3 is 1.93 bits per heavy atom. The van der Waals surface area contributed by atoms with Gasteiger partial charge in [-0.05, 0) is 0 Å². The van der Waals surface area contributed by atoms with Crippen molar-refractivity contribution in [2.75, 3.05) is 12.8 Å². The molecule has 4 heteroatoms. The minimum absolute atomic E-state index is 0.321. The molecule has 0 nitrogen and oxygen atoms in total. The van der Waals surface area contributed by atoms with E-state index in [0.717, 1.165) is 0 Å². The van der Waals surface area contributed by atoms with Crippen LogP contribution in [0.25, 0.3) is 0 Å². The van der Waals surface area contributed by atoms with E-state index >= 15 is 0 Å². The maximum atomic E-state index is 4.64. The summed E-state index contributed by atoms with van der Waals surface area (Å²) in [5.41, 5.74) is 0. The fraction of sp³-hybridized carbons (Fsp3) is 0.600. The van der Waals surface area contributed by atoms with Crippen LogP contribution in [-0.4, -0.2) is 18.0 Å². The van der Waals surface area contributed by atoms with Gasteiger partial charge >= 0.3 is 75.0 Å². The Bertz CT molecular complexity index is 183. The van der Waals surface area contributed by atoms with E-state index in [2.05, 4.69) is 61.1 Å². The third-order valence-electron chi connectivity index (χ3n) is 1.31. The van der Waals surface area contributed by atoms with Gasteiger partial charge in [-0.3, -0.25) is 0 Å². The summed E-state index contributed by atoms with van der Waals surface area (Å²) in [5, 5.41) is -0.636. The van der Waals surface area contributed by atoms with Gasteiger partial charge in [-0.15, -0.1) is 23.2 Å². The first-order chi connectivity index (χ1) is 6.58. The molecule has 0 fully saturated rings. The van der Waals surface area contributed by atoms with Crippen molar-refractivity contribution < 1.29 is 22.1 Å². The molecule has 0 aromatic rings. The average molecular weight is 418 g/mol. The normalized spacial score (nSPS) is 13.2. The van der Waals surface area contributed by atoms with Gasteiger partial charge in [-0.1, -0.05) is 0 Å². The number of hydrogen-bond donors (Lipinski definition) is 0. The van der Waals surface area contributed by atoms with Gasteiger partial charge in [-0.2, -0.15) is 0 Å². The molecule has 0 heterocycles. The molecule has 0 unspecified atom stereocenters. The Morgan fingerprint density at radius 1 is 1.14 bits per heavy atom. The van der Waals surface area contributed by atoms with Crippen molar-refractivity contribution in [2.24, 2.45) is 0 Å². The second-order valence-corrected chi connectivity index (χ2v) is 29.6. The molecular weight excluding hydrogens is 398 g/mol. The topological polar surface area (TPSA) is 0 Å². The van der Waals surface area contributed by atoms with Crippen molar-refractivity contribution in [1.82, 2.24) is 0 Å². The summed E-state index contributed by atoms with van der Waals surface area (Å²) < 4.78 is 1.83. The second-order valence-electron chi connectivity index (χ2n) is 3.70. The number of allylic oxidation sites excluding steroid dienone is 4. The van der Waals surface area contributed by atoms with Gasteiger partial charge in [0.2, 0.25) is 0 Å². The van der Waals surface area contributed by atoms with Crippen LogP contribution >= 0.6 is 23.2 Å². The van der Waals surface area contributed by atoms with E-state index in [-0.39, 0.29) is 22.1 Å².